The molecule has 0 radical (unpaired) electrons. The van der Waals surface area contributed by atoms with Gasteiger partial charge >= 0.3 is 5.97 Å². The molecule has 0 spiro atoms. The number of pyridine rings is 1. The topological polar surface area (TPSA) is 115 Å². The van der Waals surface area contributed by atoms with Crippen LogP contribution in [-0.2, 0) is 20.9 Å². The molecule has 3 aromatic rings. The first-order valence-corrected chi connectivity index (χ1v) is 11.2. The van der Waals surface area contributed by atoms with Crippen LogP contribution in [0.15, 0.2) is 72.6 Å². The zero-order chi connectivity index (χ0) is 25.2. The summed E-state index contributed by atoms with van der Waals surface area (Å²) in [4.78, 5) is 43.8. The lowest BCUT2D eigenvalue weighted by Crippen LogP contribution is -2.29. The number of aliphatic hydroxyl groups is 1. The number of rotatable bonds is 5. The van der Waals surface area contributed by atoms with E-state index in [1.165, 1.54) is 12.0 Å². The molecule has 1 aromatic heterocycles. The third-order valence-corrected chi connectivity index (χ3v) is 6.08. The standard InChI is InChI=1S/C27H22N2O7/c1-34-27(33)18-6-4-17(5-7-18)23-22(24(30)19-8-9-20-21(13-19)36-12-11-35-20)25(31)26(32)29(23)15-16-3-2-10-28-14-16/h2-10,13-14,23,30H,11-12,15H2,1H3/b24-22+/t23-/m0/s1. The Bertz CT molecular complexity index is 1370. The van der Waals surface area contributed by atoms with E-state index in [4.69, 9.17) is 14.2 Å². The van der Waals surface area contributed by atoms with E-state index < -0.39 is 23.7 Å². The summed E-state index contributed by atoms with van der Waals surface area (Å²) in [7, 11) is 1.28. The highest BCUT2D eigenvalue weighted by molar-refractivity contribution is 6.46. The van der Waals surface area contributed by atoms with Gasteiger partial charge in [0, 0.05) is 24.5 Å². The predicted octanol–water partition coefficient (Wildman–Crippen LogP) is 3.26. The van der Waals surface area contributed by atoms with Crippen molar-refractivity contribution in [1.82, 2.24) is 9.88 Å². The maximum absolute atomic E-state index is 13.3. The Morgan fingerprint density at radius 1 is 1.06 bits per heavy atom. The number of aromatic nitrogens is 1. The number of aliphatic hydroxyl groups excluding tert-OH is 1. The van der Waals surface area contributed by atoms with E-state index in [0.717, 1.165) is 5.56 Å². The number of fused-ring (bicyclic) bond motifs is 1. The molecule has 5 rings (SSSR count). The number of hydrogen-bond acceptors (Lipinski definition) is 8. The molecule has 9 heteroatoms. The van der Waals surface area contributed by atoms with Gasteiger partial charge in [-0.2, -0.15) is 0 Å². The summed E-state index contributed by atoms with van der Waals surface area (Å²) in [5, 5.41) is 11.3. The minimum atomic E-state index is -0.898. The molecular formula is C27H22N2O7. The van der Waals surface area contributed by atoms with Crippen LogP contribution in [0.2, 0.25) is 0 Å². The maximum atomic E-state index is 13.3. The van der Waals surface area contributed by atoms with Gasteiger partial charge in [-0.05, 0) is 47.5 Å². The normalized spacial score (nSPS) is 18.2. The molecule has 0 aliphatic carbocycles. The molecule has 1 saturated heterocycles. The molecule has 2 aliphatic heterocycles. The highest BCUT2D eigenvalue weighted by atomic mass is 16.6. The Labute approximate surface area is 206 Å². The summed E-state index contributed by atoms with van der Waals surface area (Å²) in [6.45, 7) is 0.873. The van der Waals surface area contributed by atoms with Crippen LogP contribution >= 0.6 is 0 Å². The van der Waals surface area contributed by atoms with Gasteiger partial charge in [-0.15, -0.1) is 0 Å². The number of hydrogen-bond donors (Lipinski definition) is 1. The fraction of sp³-hybridized carbons (Fsp3) is 0.185. The minimum Gasteiger partial charge on any atom is -0.507 e. The number of methoxy groups -OCH3 is 1. The molecule has 2 aliphatic rings. The van der Waals surface area contributed by atoms with E-state index in [1.54, 1.807) is 67.0 Å². The highest BCUT2D eigenvalue weighted by Gasteiger charge is 2.46. The summed E-state index contributed by atoms with van der Waals surface area (Å²) < 4.78 is 15.9. The van der Waals surface area contributed by atoms with Crippen molar-refractivity contribution in [3.63, 3.8) is 0 Å². The first-order chi connectivity index (χ1) is 17.5. The minimum absolute atomic E-state index is 0.0635. The lowest BCUT2D eigenvalue weighted by atomic mass is 9.94. The van der Waals surface area contributed by atoms with Gasteiger partial charge in [-0.3, -0.25) is 14.6 Å². The molecule has 1 N–H and O–H groups in total. The van der Waals surface area contributed by atoms with Crippen molar-refractivity contribution >= 4 is 23.4 Å². The Balaban J connectivity index is 1.62. The molecular weight excluding hydrogens is 464 g/mol. The summed E-state index contributed by atoms with van der Waals surface area (Å²) in [6.07, 6.45) is 3.22. The Morgan fingerprint density at radius 3 is 2.47 bits per heavy atom. The van der Waals surface area contributed by atoms with Crippen molar-refractivity contribution in [3.05, 3.63) is 94.8 Å². The summed E-state index contributed by atoms with van der Waals surface area (Å²) in [5.74, 6) is -1.43. The Morgan fingerprint density at radius 2 is 1.78 bits per heavy atom. The molecule has 182 valence electrons. The van der Waals surface area contributed by atoms with Gasteiger partial charge in [-0.25, -0.2) is 4.79 Å². The first-order valence-electron chi connectivity index (χ1n) is 11.2. The number of likely N-dealkylation sites (tertiary alicyclic amines) is 1. The quantitative estimate of drug-likeness (QED) is 0.253. The first kappa shape index (κ1) is 23.1. The molecule has 0 saturated carbocycles. The second-order valence-electron chi connectivity index (χ2n) is 8.26. The number of carbonyl (C=O) groups is 3. The number of ether oxygens (including phenoxy) is 3. The van der Waals surface area contributed by atoms with E-state index >= 15 is 0 Å². The SMILES string of the molecule is COC(=O)c1ccc([C@H]2/C(=C(\O)c3ccc4c(c3)OCCO4)C(=O)C(=O)N2Cc2cccnc2)cc1. The van der Waals surface area contributed by atoms with E-state index in [1.807, 2.05) is 0 Å². The fourth-order valence-electron chi connectivity index (χ4n) is 4.34. The number of esters is 1. The third-order valence-electron chi connectivity index (χ3n) is 6.08. The second kappa shape index (κ2) is 9.53. The maximum Gasteiger partial charge on any atom is 0.337 e. The number of carbonyl (C=O) groups excluding carboxylic acids is 3. The van der Waals surface area contributed by atoms with E-state index in [0.29, 0.717) is 41.4 Å². The number of Topliss-reactive ketones (excluding diaryl/α,β-unsaturated/α-hetero) is 1. The summed E-state index contributed by atoms with van der Waals surface area (Å²) in [5.41, 5.74) is 1.83. The molecule has 3 heterocycles. The number of amides is 1. The highest BCUT2D eigenvalue weighted by Crippen LogP contribution is 2.41. The number of ketones is 1. The van der Waals surface area contributed by atoms with Crippen molar-refractivity contribution in [2.24, 2.45) is 0 Å². The van der Waals surface area contributed by atoms with Crippen LogP contribution in [-0.4, -0.2) is 53.0 Å². The fourth-order valence-corrected chi connectivity index (χ4v) is 4.34. The van der Waals surface area contributed by atoms with E-state index in [9.17, 15) is 19.5 Å². The van der Waals surface area contributed by atoms with Crippen molar-refractivity contribution in [3.8, 4) is 11.5 Å². The lowest BCUT2D eigenvalue weighted by molar-refractivity contribution is -0.140. The largest absolute Gasteiger partial charge is 0.507 e. The Kier molecular flexibility index (Phi) is 6.12. The molecule has 9 nitrogen and oxygen atoms in total. The van der Waals surface area contributed by atoms with Gasteiger partial charge in [-0.1, -0.05) is 18.2 Å². The van der Waals surface area contributed by atoms with Gasteiger partial charge in [0.15, 0.2) is 11.5 Å². The predicted molar refractivity (Wildman–Crippen MR) is 127 cm³/mol. The van der Waals surface area contributed by atoms with Crippen molar-refractivity contribution in [2.45, 2.75) is 12.6 Å². The average Bonchev–Trinajstić information content (AvgIpc) is 3.17. The van der Waals surface area contributed by atoms with Gasteiger partial charge in [0.05, 0.1) is 24.3 Å². The van der Waals surface area contributed by atoms with Crippen molar-refractivity contribution in [2.75, 3.05) is 20.3 Å². The number of benzene rings is 2. The molecule has 1 amide bonds. The van der Waals surface area contributed by atoms with Crippen LogP contribution in [0.4, 0.5) is 0 Å². The Hall–Kier alpha value is -4.66. The average molecular weight is 486 g/mol. The number of nitrogens with zero attached hydrogens (tertiary/aromatic N) is 2. The van der Waals surface area contributed by atoms with Crippen LogP contribution in [0, 0.1) is 0 Å². The van der Waals surface area contributed by atoms with E-state index in [2.05, 4.69) is 4.98 Å². The zero-order valence-electron chi connectivity index (χ0n) is 19.3. The molecule has 1 atom stereocenters. The lowest BCUT2D eigenvalue weighted by Gasteiger charge is -2.25. The smallest absolute Gasteiger partial charge is 0.337 e. The van der Waals surface area contributed by atoms with Gasteiger partial charge < -0.3 is 24.2 Å². The van der Waals surface area contributed by atoms with E-state index in [-0.39, 0.29) is 17.9 Å². The molecule has 0 unspecified atom stereocenters. The van der Waals surface area contributed by atoms with Gasteiger partial charge in [0.25, 0.3) is 11.7 Å². The summed E-state index contributed by atoms with van der Waals surface area (Å²) >= 11 is 0. The molecule has 0 bridgehead atoms. The molecule has 2 aromatic carbocycles. The van der Waals surface area contributed by atoms with Crippen LogP contribution < -0.4 is 9.47 Å². The third kappa shape index (κ3) is 4.15. The second-order valence-corrected chi connectivity index (χ2v) is 8.26. The molecule has 1 fully saturated rings. The molecule has 36 heavy (non-hydrogen) atoms. The van der Waals surface area contributed by atoms with Crippen LogP contribution in [0.25, 0.3) is 5.76 Å². The van der Waals surface area contributed by atoms with Gasteiger partial charge in [0.1, 0.15) is 19.0 Å². The van der Waals surface area contributed by atoms with Crippen LogP contribution in [0.3, 0.4) is 0 Å². The van der Waals surface area contributed by atoms with Gasteiger partial charge in [0.2, 0.25) is 0 Å². The zero-order valence-corrected chi connectivity index (χ0v) is 19.3. The van der Waals surface area contributed by atoms with Crippen LogP contribution in [0.1, 0.15) is 33.1 Å². The van der Waals surface area contributed by atoms with Crippen molar-refractivity contribution < 1.29 is 33.7 Å². The monoisotopic (exact) mass is 486 g/mol. The summed E-state index contributed by atoms with van der Waals surface area (Å²) in [6, 6.07) is 13.8. The van der Waals surface area contributed by atoms with Crippen LogP contribution in [0.5, 0.6) is 11.5 Å². The van der Waals surface area contributed by atoms with Crippen molar-refractivity contribution in [1.29, 1.82) is 0 Å².